The van der Waals surface area contributed by atoms with Crippen molar-refractivity contribution in [2.45, 2.75) is 58.9 Å². The van der Waals surface area contributed by atoms with E-state index in [1.807, 2.05) is 6.92 Å². The number of carbonyl (C=O) groups excluding carboxylic acids is 1. The number of hydrogen-bond acceptors (Lipinski definition) is 3. The van der Waals surface area contributed by atoms with Gasteiger partial charge in [0.15, 0.2) is 0 Å². The maximum Gasteiger partial charge on any atom is 0.223 e. The second kappa shape index (κ2) is 6.90. The lowest BCUT2D eigenvalue weighted by Gasteiger charge is -2.40. The van der Waals surface area contributed by atoms with Crippen LogP contribution < -0.4 is 5.32 Å². The quantitative estimate of drug-likeness (QED) is 0.787. The van der Waals surface area contributed by atoms with Crippen LogP contribution >= 0.6 is 0 Å². The summed E-state index contributed by atoms with van der Waals surface area (Å²) in [5, 5.41) is 12.3. The largest absolute Gasteiger partial charge is 0.396 e. The fourth-order valence-corrected chi connectivity index (χ4v) is 3.68. The van der Waals surface area contributed by atoms with E-state index in [-0.39, 0.29) is 23.8 Å². The number of methoxy groups -OCH3 is 1. The molecule has 3 atom stereocenters. The maximum absolute atomic E-state index is 12.5. The SMILES string of the molecule is COCC(C)(CCO)NC(=O)C1CC(C)CC(C)(C)C1. The Morgan fingerprint density at radius 1 is 1.45 bits per heavy atom. The molecule has 0 aromatic carbocycles. The van der Waals surface area contributed by atoms with Crippen LogP contribution in [0.5, 0.6) is 0 Å². The summed E-state index contributed by atoms with van der Waals surface area (Å²) in [6.45, 7) is 9.11. The zero-order valence-corrected chi connectivity index (χ0v) is 13.7. The van der Waals surface area contributed by atoms with Crippen LogP contribution in [0.15, 0.2) is 0 Å². The second-order valence-electron chi connectivity index (χ2n) is 7.57. The zero-order valence-electron chi connectivity index (χ0n) is 13.7. The molecule has 0 spiro atoms. The van der Waals surface area contributed by atoms with Crippen molar-refractivity contribution >= 4 is 5.91 Å². The van der Waals surface area contributed by atoms with Gasteiger partial charge < -0.3 is 15.2 Å². The summed E-state index contributed by atoms with van der Waals surface area (Å²) in [5.74, 6) is 0.766. The van der Waals surface area contributed by atoms with E-state index in [0.717, 1.165) is 12.8 Å². The van der Waals surface area contributed by atoms with Gasteiger partial charge in [-0.1, -0.05) is 20.8 Å². The van der Waals surface area contributed by atoms with Gasteiger partial charge in [-0.3, -0.25) is 4.79 Å². The molecular formula is C16H31NO3. The minimum absolute atomic E-state index is 0.0483. The summed E-state index contributed by atoms with van der Waals surface area (Å²) in [4.78, 5) is 12.5. The molecule has 0 aromatic rings. The van der Waals surface area contributed by atoms with Gasteiger partial charge in [-0.05, 0) is 43.9 Å². The lowest BCUT2D eigenvalue weighted by atomic mass is 9.67. The maximum atomic E-state index is 12.5. The molecule has 0 bridgehead atoms. The number of rotatable bonds is 6. The Morgan fingerprint density at radius 2 is 2.10 bits per heavy atom. The normalized spacial score (nSPS) is 28.7. The fraction of sp³-hybridized carbons (Fsp3) is 0.938. The minimum atomic E-state index is -0.481. The van der Waals surface area contributed by atoms with Gasteiger partial charge in [-0.15, -0.1) is 0 Å². The van der Waals surface area contributed by atoms with Crippen molar-refractivity contribution in [2.24, 2.45) is 17.3 Å². The first kappa shape index (κ1) is 17.4. The van der Waals surface area contributed by atoms with Gasteiger partial charge in [0, 0.05) is 19.6 Å². The van der Waals surface area contributed by atoms with Crippen LogP contribution in [-0.4, -0.2) is 36.9 Å². The average Bonchev–Trinajstić information content (AvgIpc) is 2.26. The highest BCUT2D eigenvalue weighted by atomic mass is 16.5. The van der Waals surface area contributed by atoms with Crippen LogP contribution in [0.1, 0.15) is 53.4 Å². The summed E-state index contributed by atoms with van der Waals surface area (Å²) in [6, 6.07) is 0. The summed E-state index contributed by atoms with van der Waals surface area (Å²) < 4.78 is 5.18. The number of aliphatic hydroxyl groups excluding tert-OH is 1. The molecule has 2 N–H and O–H groups in total. The van der Waals surface area contributed by atoms with E-state index in [9.17, 15) is 9.90 Å². The van der Waals surface area contributed by atoms with Crippen molar-refractivity contribution in [2.75, 3.05) is 20.3 Å². The van der Waals surface area contributed by atoms with Crippen LogP contribution in [0, 0.1) is 17.3 Å². The molecule has 1 fully saturated rings. The monoisotopic (exact) mass is 285 g/mol. The van der Waals surface area contributed by atoms with Crippen LogP contribution in [-0.2, 0) is 9.53 Å². The number of nitrogens with one attached hydrogen (secondary N) is 1. The number of carbonyl (C=O) groups is 1. The highest BCUT2D eigenvalue weighted by molar-refractivity contribution is 5.79. The Kier molecular flexibility index (Phi) is 6.02. The van der Waals surface area contributed by atoms with Gasteiger partial charge in [0.2, 0.25) is 5.91 Å². The summed E-state index contributed by atoms with van der Waals surface area (Å²) in [6.07, 6.45) is 3.59. The lowest BCUT2D eigenvalue weighted by Crippen LogP contribution is -2.53. The second-order valence-corrected chi connectivity index (χ2v) is 7.57. The van der Waals surface area contributed by atoms with E-state index in [0.29, 0.717) is 18.9 Å². The van der Waals surface area contributed by atoms with Gasteiger partial charge in [0.05, 0.1) is 12.1 Å². The van der Waals surface area contributed by atoms with Crippen molar-refractivity contribution in [3.05, 3.63) is 0 Å². The van der Waals surface area contributed by atoms with E-state index >= 15 is 0 Å². The smallest absolute Gasteiger partial charge is 0.223 e. The Bertz CT molecular complexity index is 322. The third-order valence-corrected chi connectivity index (χ3v) is 4.31. The first-order chi connectivity index (χ1) is 9.21. The van der Waals surface area contributed by atoms with Gasteiger partial charge in [0.1, 0.15) is 0 Å². The van der Waals surface area contributed by atoms with E-state index in [4.69, 9.17) is 4.74 Å². The molecule has 0 radical (unpaired) electrons. The molecule has 0 heterocycles. The lowest BCUT2D eigenvalue weighted by molar-refractivity contribution is -0.130. The third kappa shape index (κ3) is 5.06. The minimum Gasteiger partial charge on any atom is -0.396 e. The highest BCUT2D eigenvalue weighted by Crippen LogP contribution is 2.41. The number of ether oxygens (including phenoxy) is 1. The van der Waals surface area contributed by atoms with Crippen molar-refractivity contribution in [1.29, 1.82) is 0 Å². The van der Waals surface area contributed by atoms with E-state index in [1.165, 1.54) is 6.42 Å². The molecule has 4 heteroatoms. The van der Waals surface area contributed by atoms with Crippen LogP contribution in [0.4, 0.5) is 0 Å². The van der Waals surface area contributed by atoms with Gasteiger partial charge in [-0.25, -0.2) is 0 Å². The first-order valence-electron chi connectivity index (χ1n) is 7.63. The number of amides is 1. The molecule has 1 saturated carbocycles. The molecule has 0 saturated heterocycles. The standard InChI is InChI=1S/C16H31NO3/c1-12-8-13(10-15(2,3)9-12)14(19)17-16(4,6-7-18)11-20-5/h12-13,18H,6-11H2,1-5H3,(H,17,19). The molecule has 118 valence electrons. The molecule has 1 amide bonds. The molecule has 3 unspecified atom stereocenters. The summed E-state index contributed by atoms with van der Waals surface area (Å²) >= 11 is 0. The highest BCUT2D eigenvalue weighted by Gasteiger charge is 2.37. The molecule has 1 aliphatic carbocycles. The van der Waals surface area contributed by atoms with Crippen LogP contribution in [0.25, 0.3) is 0 Å². The average molecular weight is 285 g/mol. The van der Waals surface area contributed by atoms with E-state index in [2.05, 4.69) is 26.1 Å². The van der Waals surface area contributed by atoms with Crippen molar-refractivity contribution < 1.29 is 14.6 Å². The fourth-order valence-electron chi connectivity index (χ4n) is 3.68. The number of aliphatic hydroxyl groups is 1. The molecule has 4 nitrogen and oxygen atoms in total. The molecule has 0 aromatic heterocycles. The molecule has 1 rings (SSSR count). The molecule has 0 aliphatic heterocycles. The number of hydrogen-bond donors (Lipinski definition) is 2. The summed E-state index contributed by atoms with van der Waals surface area (Å²) in [7, 11) is 1.62. The van der Waals surface area contributed by atoms with Crippen molar-refractivity contribution in [1.82, 2.24) is 5.32 Å². The third-order valence-electron chi connectivity index (χ3n) is 4.31. The molecular weight excluding hydrogens is 254 g/mol. The van der Waals surface area contributed by atoms with E-state index in [1.54, 1.807) is 7.11 Å². The topological polar surface area (TPSA) is 58.6 Å². The van der Waals surface area contributed by atoms with Crippen molar-refractivity contribution in [3.8, 4) is 0 Å². The molecule has 20 heavy (non-hydrogen) atoms. The molecule has 1 aliphatic rings. The van der Waals surface area contributed by atoms with Crippen molar-refractivity contribution in [3.63, 3.8) is 0 Å². The zero-order chi connectivity index (χ0) is 15.4. The Labute approximate surface area is 123 Å². The van der Waals surface area contributed by atoms with Gasteiger partial charge >= 0.3 is 0 Å². The first-order valence-corrected chi connectivity index (χ1v) is 7.63. The predicted molar refractivity (Wildman–Crippen MR) is 80.4 cm³/mol. The Balaban J connectivity index is 2.68. The summed E-state index contributed by atoms with van der Waals surface area (Å²) in [5.41, 5.74) is -0.250. The Morgan fingerprint density at radius 3 is 2.60 bits per heavy atom. The van der Waals surface area contributed by atoms with Crippen LogP contribution in [0.2, 0.25) is 0 Å². The van der Waals surface area contributed by atoms with Crippen LogP contribution in [0.3, 0.4) is 0 Å². The Hall–Kier alpha value is -0.610. The predicted octanol–water partition coefficient (Wildman–Crippen LogP) is 2.35. The van der Waals surface area contributed by atoms with Gasteiger partial charge in [0.25, 0.3) is 0 Å². The van der Waals surface area contributed by atoms with E-state index < -0.39 is 5.54 Å². The van der Waals surface area contributed by atoms with Gasteiger partial charge in [-0.2, -0.15) is 0 Å².